The molecule has 1 N–H and O–H groups in total. The third kappa shape index (κ3) is 3.34. The van der Waals surface area contributed by atoms with Gasteiger partial charge >= 0.3 is 5.88 Å². The van der Waals surface area contributed by atoms with Crippen LogP contribution in [0.3, 0.4) is 0 Å². The molecule has 2 amide bonds. The number of hydrogen-bond donors (Lipinski definition) is 1. The Hall–Kier alpha value is -2.42. The molecular formula is C14H17N3O6. The maximum Gasteiger partial charge on any atom is 0.433 e. The maximum atomic E-state index is 12.1. The van der Waals surface area contributed by atoms with Crippen molar-refractivity contribution >= 4 is 17.7 Å². The molecule has 2 saturated heterocycles. The Morgan fingerprint density at radius 3 is 2.78 bits per heavy atom. The van der Waals surface area contributed by atoms with E-state index in [0.717, 1.165) is 25.5 Å². The fraction of sp³-hybridized carbons (Fsp3) is 0.571. The Balaban J connectivity index is 1.44. The molecule has 1 aromatic rings. The molecular weight excluding hydrogens is 306 g/mol. The average molecular weight is 323 g/mol. The third-order valence-electron chi connectivity index (χ3n) is 4.05. The number of ether oxygens (including phenoxy) is 1. The van der Waals surface area contributed by atoms with Gasteiger partial charge in [0.15, 0.2) is 5.76 Å². The van der Waals surface area contributed by atoms with Gasteiger partial charge in [-0.2, -0.15) is 0 Å². The first-order valence-corrected chi connectivity index (χ1v) is 7.47. The van der Waals surface area contributed by atoms with Gasteiger partial charge < -0.3 is 19.4 Å². The van der Waals surface area contributed by atoms with Gasteiger partial charge in [0.25, 0.3) is 5.91 Å². The summed E-state index contributed by atoms with van der Waals surface area (Å²) >= 11 is 0. The van der Waals surface area contributed by atoms with Crippen LogP contribution in [-0.2, 0) is 9.53 Å². The molecule has 0 spiro atoms. The van der Waals surface area contributed by atoms with E-state index in [0.29, 0.717) is 6.54 Å². The van der Waals surface area contributed by atoms with E-state index < -0.39 is 16.7 Å². The lowest BCUT2D eigenvalue weighted by molar-refractivity contribution is -0.402. The highest BCUT2D eigenvalue weighted by Crippen LogP contribution is 2.22. The number of furan rings is 1. The van der Waals surface area contributed by atoms with Crippen LogP contribution in [0.25, 0.3) is 0 Å². The predicted octanol–water partition coefficient (Wildman–Crippen LogP) is 0.555. The Morgan fingerprint density at radius 1 is 1.39 bits per heavy atom. The van der Waals surface area contributed by atoms with Gasteiger partial charge in [-0.05, 0) is 18.9 Å². The number of nitrogens with one attached hydrogen (secondary N) is 1. The molecule has 1 unspecified atom stereocenters. The minimum Gasteiger partial charge on any atom is -0.395 e. The predicted molar refractivity (Wildman–Crippen MR) is 76.7 cm³/mol. The second-order valence-corrected chi connectivity index (χ2v) is 5.68. The SMILES string of the molecule is O=C(NCC1CCCO1)C1CN(C(=O)c2ccc([N+](=O)[O-])o2)C1. The van der Waals surface area contributed by atoms with Crippen molar-refractivity contribution in [2.24, 2.45) is 5.92 Å². The number of nitrogens with zero attached hydrogens (tertiary/aromatic N) is 2. The lowest BCUT2D eigenvalue weighted by Gasteiger charge is -2.37. The van der Waals surface area contributed by atoms with E-state index >= 15 is 0 Å². The number of amides is 2. The van der Waals surface area contributed by atoms with E-state index in [4.69, 9.17) is 9.15 Å². The first-order chi connectivity index (χ1) is 11.0. The van der Waals surface area contributed by atoms with Crippen LogP contribution in [0.15, 0.2) is 16.5 Å². The first kappa shape index (κ1) is 15.5. The Labute approximate surface area is 131 Å². The van der Waals surface area contributed by atoms with Gasteiger partial charge in [-0.3, -0.25) is 19.7 Å². The maximum absolute atomic E-state index is 12.1. The summed E-state index contributed by atoms with van der Waals surface area (Å²) in [7, 11) is 0. The summed E-state index contributed by atoms with van der Waals surface area (Å²) < 4.78 is 10.3. The Bertz CT molecular complexity index is 616. The molecule has 3 rings (SSSR count). The number of hydrogen-bond acceptors (Lipinski definition) is 6. The highest BCUT2D eigenvalue weighted by Gasteiger charge is 2.37. The molecule has 2 aliphatic rings. The van der Waals surface area contributed by atoms with E-state index in [1.165, 1.54) is 11.0 Å². The minimum absolute atomic E-state index is 0.0837. The largest absolute Gasteiger partial charge is 0.433 e. The van der Waals surface area contributed by atoms with Crippen LogP contribution in [0.1, 0.15) is 23.4 Å². The van der Waals surface area contributed by atoms with Crippen LogP contribution in [0.2, 0.25) is 0 Å². The summed E-state index contributed by atoms with van der Waals surface area (Å²) in [6.45, 7) is 1.80. The summed E-state index contributed by atoms with van der Waals surface area (Å²) in [4.78, 5) is 35.3. The second kappa shape index (κ2) is 6.37. The van der Waals surface area contributed by atoms with Crippen LogP contribution < -0.4 is 5.32 Å². The van der Waals surface area contributed by atoms with Crippen LogP contribution >= 0.6 is 0 Å². The molecule has 1 aromatic heterocycles. The molecule has 2 fully saturated rings. The normalized spacial score (nSPS) is 21.0. The lowest BCUT2D eigenvalue weighted by Crippen LogP contribution is -2.56. The van der Waals surface area contributed by atoms with Crippen molar-refractivity contribution in [3.63, 3.8) is 0 Å². The highest BCUT2D eigenvalue weighted by molar-refractivity contribution is 5.94. The van der Waals surface area contributed by atoms with Crippen LogP contribution in [-0.4, -0.2) is 54.0 Å². The fourth-order valence-corrected chi connectivity index (χ4v) is 2.67. The molecule has 0 saturated carbocycles. The van der Waals surface area contributed by atoms with Crippen LogP contribution in [0.5, 0.6) is 0 Å². The fourth-order valence-electron chi connectivity index (χ4n) is 2.67. The van der Waals surface area contributed by atoms with Gasteiger partial charge in [0.05, 0.1) is 18.1 Å². The lowest BCUT2D eigenvalue weighted by atomic mass is 9.98. The summed E-state index contributed by atoms with van der Waals surface area (Å²) in [5.41, 5.74) is 0. The molecule has 9 nitrogen and oxygen atoms in total. The van der Waals surface area contributed by atoms with Crippen molar-refractivity contribution in [3.05, 3.63) is 28.0 Å². The molecule has 9 heteroatoms. The van der Waals surface area contributed by atoms with Crippen LogP contribution in [0.4, 0.5) is 5.88 Å². The standard InChI is InChI=1S/C14H17N3O6/c18-13(15-6-10-2-1-5-22-10)9-7-16(8-9)14(19)11-3-4-12(23-11)17(20)21/h3-4,9-10H,1-2,5-8H2,(H,15,18). The molecule has 23 heavy (non-hydrogen) atoms. The molecule has 0 aromatic carbocycles. The molecule has 2 aliphatic heterocycles. The number of nitro groups is 1. The molecule has 0 radical (unpaired) electrons. The van der Waals surface area contributed by atoms with Gasteiger partial charge in [0.1, 0.15) is 4.92 Å². The van der Waals surface area contributed by atoms with Gasteiger partial charge in [-0.25, -0.2) is 0 Å². The van der Waals surface area contributed by atoms with E-state index in [2.05, 4.69) is 5.32 Å². The number of likely N-dealkylation sites (tertiary alicyclic amines) is 1. The zero-order valence-electron chi connectivity index (χ0n) is 12.4. The van der Waals surface area contributed by atoms with Crippen molar-refractivity contribution in [2.75, 3.05) is 26.2 Å². The first-order valence-electron chi connectivity index (χ1n) is 7.47. The van der Waals surface area contributed by atoms with E-state index in [-0.39, 0.29) is 36.8 Å². The number of rotatable bonds is 5. The Kier molecular flexibility index (Phi) is 4.28. The van der Waals surface area contributed by atoms with Crippen molar-refractivity contribution in [3.8, 4) is 0 Å². The molecule has 124 valence electrons. The monoisotopic (exact) mass is 323 g/mol. The third-order valence-corrected chi connectivity index (χ3v) is 4.05. The molecule has 1 atom stereocenters. The number of carbonyl (C=O) groups excluding carboxylic acids is 2. The van der Waals surface area contributed by atoms with Crippen molar-refractivity contribution < 1.29 is 23.7 Å². The topological polar surface area (TPSA) is 115 Å². The van der Waals surface area contributed by atoms with Gasteiger partial charge in [-0.15, -0.1) is 0 Å². The smallest absolute Gasteiger partial charge is 0.395 e. The molecule has 3 heterocycles. The summed E-state index contributed by atoms with van der Waals surface area (Å²) in [6, 6.07) is 2.41. The zero-order valence-corrected chi connectivity index (χ0v) is 12.4. The molecule has 0 bridgehead atoms. The van der Waals surface area contributed by atoms with E-state index in [9.17, 15) is 19.7 Å². The summed E-state index contributed by atoms with van der Waals surface area (Å²) in [5, 5.41) is 13.4. The summed E-state index contributed by atoms with van der Waals surface area (Å²) in [6.07, 6.45) is 2.05. The van der Waals surface area contributed by atoms with Crippen molar-refractivity contribution in [2.45, 2.75) is 18.9 Å². The van der Waals surface area contributed by atoms with Gasteiger partial charge in [0, 0.05) is 26.2 Å². The quantitative estimate of drug-likeness (QED) is 0.625. The molecule has 0 aliphatic carbocycles. The van der Waals surface area contributed by atoms with Gasteiger partial charge in [-0.1, -0.05) is 0 Å². The van der Waals surface area contributed by atoms with Crippen molar-refractivity contribution in [1.29, 1.82) is 0 Å². The zero-order chi connectivity index (χ0) is 16.4. The van der Waals surface area contributed by atoms with Gasteiger partial charge in [0.2, 0.25) is 5.91 Å². The van der Waals surface area contributed by atoms with E-state index in [1.54, 1.807) is 0 Å². The summed E-state index contributed by atoms with van der Waals surface area (Å²) in [5.74, 6) is -1.36. The average Bonchev–Trinajstić information content (AvgIpc) is 3.14. The Morgan fingerprint density at radius 2 is 2.17 bits per heavy atom. The van der Waals surface area contributed by atoms with E-state index in [1.807, 2.05) is 0 Å². The van der Waals surface area contributed by atoms with Crippen LogP contribution in [0, 0.1) is 16.0 Å². The second-order valence-electron chi connectivity index (χ2n) is 5.68. The van der Waals surface area contributed by atoms with Crippen molar-refractivity contribution in [1.82, 2.24) is 10.2 Å². The highest BCUT2D eigenvalue weighted by atomic mass is 16.6. The number of carbonyl (C=O) groups is 2. The minimum atomic E-state index is -0.700.